The van der Waals surface area contributed by atoms with Crippen LogP contribution in [0.3, 0.4) is 0 Å². The van der Waals surface area contributed by atoms with E-state index >= 15 is 0 Å². The van der Waals surface area contributed by atoms with Crippen molar-refractivity contribution in [2.24, 2.45) is 0 Å². The van der Waals surface area contributed by atoms with E-state index in [1.54, 1.807) is 0 Å². The van der Waals surface area contributed by atoms with Gasteiger partial charge in [-0.25, -0.2) is 22.4 Å². The maximum Gasteiger partial charge on any atom is 0.261 e. The van der Waals surface area contributed by atoms with E-state index in [2.05, 4.69) is 4.85 Å². The highest BCUT2D eigenvalue weighted by atomic mass is 19.2. The van der Waals surface area contributed by atoms with Crippen molar-refractivity contribution in [3.05, 3.63) is 40.2 Å². The lowest BCUT2D eigenvalue weighted by atomic mass is 10.1. The van der Waals surface area contributed by atoms with Crippen LogP contribution in [-0.4, -0.2) is 0 Å². The molecule has 0 aliphatic rings. The van der Waals surface area contributed by atoms with E-state index in [1.807, 2.05) is 0 Å². The van der Waals surface area contributed by atoms with Crippen molar-refractivity contribution in [3.63, 3.8) is 0 Å². The Bertz CT molecular complexity index is 441. The van der Waals surface area contributed by atoms with Crippen molar-refractivity contribution in [1.82, 2.24) is 0 Å². The lowest BCUT2D eigenvalue weighted by Gasteiger charge is -2.01. The van der Waals surface area contributed by atoms with E-state index in [4.69, 9.17) is 11.8 Å². The van der Waals surface area contributed by atoms with Gasteiger partial charge in [-0.1, -0.05) is 0 Å². The van der Waals surface area contributed by atoms with Crippen molar-refractivity contribution in [3.8, 4) is 6.07 Å². The molecule has 0 N–H and O–H groups in total. The standard InChI is InChI=1S/C8F4N2/c1-14-8-5(10)3(2-13)4(9)6(11)7(8)12. The molecule has 6 heteroatoms. The van der Waals surface area contributed by atoms with Gasteiger partial charge in [0.1, 0.15) is 11.6 Å². The lowest BCUT2D eigenvalue weighted by molar-refractivity contribution is 0.436. The van der Waals surface area contributed by atoms with Crippen LogP contribution in [0.2, 0.25) is 0 Å². The largest absolute Gasteiger partial charge is 0.261 e. The minimum atomic E-state index is -2.02. The second-order valence-electron chi connectivity index (χ2n) is 2.20. The third-order valence-electron chi connectivity index (χ3n) is 1.46. The molecule has 0 saturated heterocycles. The van der Waals surface area contributed by atoms with Crippen LogP contribution in [0.15, 0.2) is 0 Å². The van der Waals surface area contributed by atoms with Gasteiger partial charge in [-0.3, -0.25) is 0 Å². The molecule has 0 aromatic heterocycles. The summed E-state index contributed by atoms with van der Waals surface area (Å²) in [5, 5.41) is 8.21. The molecule has 1 aromatic carbocycles. The number of halogens is 4. The number of hydrogen-bond acceptors (Lipinski definition) is 1. The van der Waals surface area contributed by atoms with Crippen LogP contribution in [0.25, 0.3) is 4.85 Å². The Kier molecular flexibility index (Phi) is 2.39. The SMILES string of the molecule is [C-]#[N+]c1c(F)c(F)c(F)c(C#N)c1F. The summed E-state index contributed by atoms with van der Waals surface area (Å²) in [6, 6.07) is 1.01. The third-order valence-corrected chi connectivity index (χ3v) is 1.46. The average molecular weight is 200 g/mol. The summed E-state index contributed by atoms with van der Waals surface area (Å²) >= 11 is 0. The summed E-state index contributed by atoms with van der Waals surface area (Å²) < 4.78 is 50.8. The van der Waals surface area contributed by atoms with Crippen LogP contribution >= 0.6 is 0 Å². The first-order valence-corrected chi connectivity index (χ1v) is 3.18. The summed E-state index contributed by atoms with van der Waals surface area (Å²) in [6.45, 7) is 6.31. The van der Waals surface area contributed by atoms with Crippen molar-refractivity contribution >= 4 is 5.69 Å². The summed E-state index contributed by atoms with van der Waals surface area (Å²) in [4.78, 5) is 2.32. The molecule has 0 unspecified atom stereocenters. The first kappa shape index (κ1) is 10.0. The third kappa shape index (κ3) is 1.17. The molecule has 0 aliphatic carbocycles. The van der Waals surface area contributed by atoms with E-state index in [1.165, 1.54) is 0 Å². The average Bonchev–Trinajstić information content (AvgIpc) is 2.16. The molecule has 0 bridgehead atoms. The van der Waals surface area contributed by atoms with Crippen molar-refractivity contribution in [2.75, 3.05) is 0 Å². The summed E-state index contributed by atoms with van der Waals surface area (Å²) in [5.41, 5.74) is -2.62. The fourth-order valence-electron chi connectivity index (χ4n) is 0.817. The molecule has 0 spiro atoms. The zero-order chi connectivity index (χ0) is 10.9. The van der Waals surface area contributed by atoms with Gasteiger partial charge < -0.3 is 0 Å². The Labute approximate surface area is 75.8 Å². The van der Waals surface area contributed by atoms with E-state index in [-0.39, 0.29) is 0 Å². The smallest absolute Gasteiger partial charge is 0.232 e. The van der Waals surface area contributed by atoms with Gasteiger partial charge in [0, 0.05) is 0 Å². The Morgan fingerprint density at radius 2 is 1.57 bits per heavy atom. The van der Waals surface area contributed by atoms with Crippen LogP contribution in [0.5, 0.6) is 0 Å². The number of nitrogens with zero attached hydrogens (tertiary/aromatic N) is 2. The quantitative estimate of drug-likeness (QED) is 0.274. The zero-order valence-electron chi connectivity index (χ0n) is 6.41. The summed E-state index contributed by atoms with van der Waals surface area (Å²) in [6.07, 6.45) is 0. The number of benzene rings is 1. The van der Waals surface area contributed by atoms with Crippen LogP contribution in [0.1, 0.15) is 5.56 Å². The lowest BCUT2D eigenvalue weighted by Crippen LogP contribution is -1.99. The zero-order valence-corrected chi connectivity index (χ0v) is 6.41. The molecular formula is C8F4N2. The Morgan fingerprint density at radius 3 is 2.00 bits per heavy atom. The molecule has 0 aliphatic heterocycles. The molecule has 1 rings (SSSR count). The predicted molar refractivity (Wildman–Crippen MR) is 37.3 cm³/mol. The molecule has 0 atom stereocenters. The van der Waals surface area contributed by atoms with Gasteiger partial charge in [-0.15, -0.1) is 0 Å². The first-order chi connectivity index (χ1) is 6.54. The monoisotopic (exact) mass is 200 g/mol. The second-order valence-corrected chi connectivity index (χ2v) is 2.20. The summed E-state index contributed by atoms with van der Waals surface area (Å²) in [7, 11) is 0. The highest BCUT2D eigenvalue weighted by molar-refractivity contribution is 5.54. The number of nitriles is 1. The molecule has 0 saturated carbocycles. The molecule has 2 nitrogen and oxygen atoms in total. The topological polar surface area (TPSA) is 28.1 Å². The highest BCUT2D eigenvalue weighted by Crippen LogP contribution is 2.29. The fourth-order valence-corrected chi connectivity index (χ4v) is 0.817. The number of rotatable bonds is 0. The van der Waals surface area contributed by atoms with Crippen molar-refractivity contribution < 1.29 is 17.6 Å². The molecular weight excluding hydrogens is 200 g/mol. The Hall–Kier alpha value is -2.08. The highest BCUT2D eigenvalue weighted by Gasteiger charge is 2.25. The molecule has 0 fully saturated rings. The minimum absolute atomic E-state index is 1.01. The van der Waals surface area contributed by atoms with Gasteiger partial charge in [-0.2, -0.15) is 5.26 Å². The molecule has 0 amide bonds. The summed E-state index contributed by atoms with van der Waals surface area (Å²) in [5.74, 6) is -7.54. The van der Waals surface area contributed by atoms with E-state index in [9.17, 15) is 17.6 Å². The van der Waals surface area contributed by atoms with E-state index < -0.39 is 34.5 Å². The van der Waals surface area contributed by atoms with Crippen molar-refractivity contribution in [2.45, 2.75) is 0 Å². The molecule has 14 heavy (non-hydrogen) atoms. The van der Waals surface area contributed by atoms with Crippen LogP contribution in [0, 0.1) is 41.2 Å². The minimum Gasteiger partial charge on any atom is -0.232 e. The maximum absolute atomic E-state index is 12.9. The van der Waals surface area contributed by atoms with Gasteiger partial charge in [0.25, 0.3) is 5.69 Å². The molecule has 1 aromatic rings. The normalized spacial score (nSPS) is 9.29. The Morgan fingerprint density at radius 1 is 1.00 bits per heavy atom. The molecule has 70 valence electrons. The fraction of sp³-hybridized carbons (Fsp3) is 0. The van der Waals surface area contributed by atoms with Crippen LogP contribution < -0.4 is 0 Å². The van der Waals surface area contributed by atoms with Crippen molar-refractivity contribution in [1.29, 1.82) is 5.26 Å². The predicted octanol–water partition coefficient (Wildman–Crippen LogP) is 2.67. The first-order valence-electron chi connectivity index (χ1n) is 3.18. The van der Waals surface area contributed by atoms with Gasteiger partial charge in [0.05, 0.1) is 6.57 Å². The van der Waals surface area contributed by atoms with E-state index in [0.717, 1.165) is 6.07 Å². The van der Waals surface area contributed by atoms with Gasteiger partial charge in [0.15, 0.2) is 23.3 Å². The van der Waals surface area contributed by atoms with Crippen LogP contribution in [0.4, 0.5) is 23.2 Å². The molecule has 0 heterocycles. The maximum atomic E-state index is 12.9. The van der Waals surface area contributed by atoms with Gasteiger partial charge in [0.2, 0.25) is 0 Å². The Balaban J connectivity index is 3.78. The van der Waals surface area contributed by atoms with Gasteiger partial charge in [-0.05, 0) is 0 Å². The van der Waals surface area contributed by atoms with E-state index in [0.29, 0.717) is 0 Å². The number of hydrogen-bond donors (Lipinski definition) is 0. The van der Waals surface area contributed by atoms with Crippen LogP contribution in [-0.2, 0) is 0 Å². The van der Waals surface area contributed by atoms with Gasteiger partial charge >= 0.3 is 0 Å². The molecule has 0 radical (unpaired) electrons. The second kappa shape index (κ2) is 3.35.